The van der Waals surface area contributed by atoms with E-state index in [4.69, 9.17) is 0 Å². The van der Waals surface area contributed by atoms with Gasteiger partial charge in [-0.15, -0.1) is 0 Å². The van der Waals surface area contributed by atoms with E-state index in [1.807, 2.05) is 6.07 Å². The smallest absolute Gasteiger partial charge is 0.131 e. The zero-order valence-corrected chi connectivity index (χ0v) is 11.5. The quantitative estimate of drug-likeness (QED) is 0.825. The summed E-state index contributed by atoms with van der Waals surface area (Å²) in [6.07, 6.45) is 1.59. The molecule has 0 amide bonds. The molecule has 96 valence electrons. The largest absolute Gasteiger partial charge is 0.370 e. The first-order valence-corrected chi connectivity index (χ1v) is 6.23. The first kappa shape index (κ1) is 13.7. The zero-order chi connectivity index (χ0) is 12.9. The van der Waals surface area contributed by atoms with Gasteiger partial charge in [-0.25, -0.2) is 9.97 Å². The molecule has 17 heavy (non-hydrogen) atoms. The van der Waals surface area contributed by atoms with Crippen molar-refractivity contribution in [2.45, 2.75) is 34.6 Å². The molecular formula is C13H24N4. The van der Waals surface area contributed by atoms with Gasteiger partial charge in [0.1, 0.15) is 18.0 Å². The van der Waals surface area contributed by atoms with Gasteiger partial charge in [0.2, 0.25) is 0 Å². The number of hydrogen-bond acceptors (Lipinski definition) is 4. The van der Waals surface area contributed by atoms with Crippen molar-refractivity contribution in [3.05, 3.63) is 12.4 Å². The van der Waals surface area contributed by atoms with Crippen LogP contribution in [0.3, 0.4) is 0 Å². The fraction of sp³-hybridized carbons (Fsp3) is 0.692. The van der Waals surface area contributed by atoms with Crippen LogP contribution in [0.5, 0.6) is 0 Å². The van der Waals surface area contributed by atoms with E-state index < -0.39 is 0 Å². The number of nitrogens with zero attached hydrogens (tertiary/aromatic N) is 2. The fourth-order valence-electron chi connectivity index (χ4n) is 1.30. The van der Waals surface area contributed by atoms with Gasteiger partial charge in [0.15, 0.2) is 0 Å². The normalized spacial score (nSPS) is 13.2. The molecule has 0 fully saturated rings. The molecule has 4 heteroatoms. The Kier molecular flexibility index (Phi) is 4.73. The van der Waals surface area contributed by atoms with Crippen LogP contribution in [0.15, 0.2) is 12.4 Å². The van der Waals surface area contributed by atoms with E-state index >= 15 is 0 Å². The Morgan fingerprint density at radius 1 is 1.18 bits per heavy atom. The SMILES string of the molecule is CCNc1cc(NCC(C)C(C)(C)C)ncn1. The predicted molar refractivity (Wildman–Crippen MR) is 73.3 cm³/mol. The molecule has 0 saturated carbocycles. The van der Waals surface area contributed by atoms with Gasteiger partial charge >= 0.3 is 0 Å². The molecule has 0 saturated heterocycles. The Morgan fingerprint density at radius 3 is 2.29 bits per heavy atom. The third-order valence-corrected chi connectivity index (χ3v) is 3.09. The molecule has 1 aromatic heterocycles. The highest BCUT2D eigenvalue weighted by Gasteiger charge is 2.19. The van der Waals surface area contributed by atoms with Gasteiger partial charge in [-0.1, -0.05) is 27.7 Å². The van der Waals surface area contributed by atoms with E-state index in [9.17, 15) is 0 Å². The summed E-state index contributed by atoms with van der Waals surface area (Å²) in [6, 6.07) is 1.94. The summed E-state index contributed by atoms with van der Waals surface area (Å²) in [4.78, 5) is 8.36. The second-order valence-electron chi connectivity index (χ2n) is 5.47. The second kappa shape index (κ2) is 5.84. The molecule has 0 aliphatic heterocycles. The topological polar surface area (TPSA) is 49.8 Å². The summed E-state index contributed by atoms with van der Waals surface area (Å²) in [7, 11) is 0. The lowest BCUT2D eigenvalue weighted by molar-refractivity contribution is 0.274. The standard InChI is InChI=1S/C13H24N4/c1-6-14-11-7-12(17-9-16-11)15-8-10(2)13(3,4)5/h7,9-10H,6,8H2,1-5H3,(H2,14,15,16,17). The van der Waals surface area contributed by atoms with E-state index in [0.717, 1.165) is 24.7 Å². The third-order valence-electron chi connectivity index (χ3n) is 3.09. The average molecular weight is 236 g/mol. The van der Waals surface area contributed by atoms with Crippen molar-refractivity contribution in [1.82, 2.24) is 9.97 Å². The van der Waals surface area contributed by atoms with Crippen LogP contribution in [0.4, 0.5) is 11.6 Å². The molecule has 1 rings (SSSR count). The average Bonchev–Trinajstić information content (AvgIpc) is 2.25. The van der Waals surface area contributed by atoms with Gasteiger partial charge in [-0.2, -0.15) is 0 Å². The highest BCUT2D eigenvalue weighted by atomic mass is 15.1. The van der Waals surface area contributed by atoms with Gasteiger partial charge in [0.25, 0.3) is 0 Å². The predicted octanol–water partition coefficient (Wildman–Crippen LogP) is 3.00. The van der Waals surface area contributed by atoms with E-state index in [0.29, 0.717) is 11.3 Å². The molecular weight excluding hydrogens is 212 g/mol. The highest BCUT2D eigenvalue weighted by Crippen LogP contribution is 2.25. The summed E-state index contributed by atoms with van der Waals surface area (Å²) in [5.74, 6) is 2.33. The molecule has 0 aliphatic carbocycles. The number of hydrogen-bond donors (Lipinski definition) is 2. The van der Waals surface area contributed by atoms with Crippen LogP contribution < -0.4 is 10.6 Å². The minimum Gasteiger partial charge on any atom is -0.370 e. The van der Waals surface area contributed by atoms with Crippen molar-refractivity contribution in [2.75, 3.05) is 23.7 Å². The minimum atomic E-state index is 0.310. The maximum absolute atomic E-state index is 4.21. The number of aromatic nitrogens is 2. The minimum absolute atomic E-state index is 0.310. The Bertz CT molecular complexity index is 344. The molecule has 0 aromatic carbocycles. The van der Waals surface area contributed by atoms with Crippen LogP contribution in [0.2, 0.25) is 0 Å². The second-order valence-corrected chi connectivity index (χ2v) is 5.47. The maximum Gasteiger partial charge on any atom is 0.131 e. The highest BCUT2D eigenvalue weighted by molar-refractivity contribution is 5.46. The first-order chi connectivity index (χ1) is 7.93. The monoisotopic (exact) mass is 236 g/mol. The van der Waals surface area contributed by atoms with Crippen molar-refractivity contribution >= 4 is 11.6 Å². The Balaban J connectivity index is 2.54. The lowest BCUT2D eigenvalue weighted by Gasteiger charge is -2.27. The zero-order valence-electron chi connectivity index (χ0n) is 11.5. The van der Waals surface area contributed by atoms with Crippen LogP contribution in [-0.2, 0) is 0 Å². The molecule has 0 bridgehead atoms. The van der Waals surface area contributed by atoms with Crippen LogP contribution in [0.1, 0.15) is 34.6 Å². The summed E-state index contributed by atoms with van der Waals surface area (Å²) < 4.78 is 0. The van der Waals surface area contributed by atoms with Crippen molar-refractivity contribution in [3.8, 4) is 0 Å². The van der Waals surface area contributed by atoms with E-state index in [1.165, 1.54) is 0 Å². The molecule has 0 radical (unpaired) electrons. The number of rotatable bonds is 5. The molecule has 0 spiro atoms. The van der Waals surface area contributed by atoms with Crippen molar-refractivity contribution in [1.29, 1.82) is 0 Å². The summed E-state index contributed by atoms with van der Waals surface area (Å²) in [5.41, 5.74) is 0.310. The van der Waals surface area contributed by atoms with Crippen molar-refractivity contribution in [3.63, 3.8) is 0 Å². The lowest BCUT2D eigenvalue weighted by atomic mass is 9.82. The van der Waals surface area contributed by atoms with Gasteiger partial charge in [0.05, 0.1) is 0 Å². The molecule has 2 N–H and O–H groups in total. The maximum atomic E-state index is 4.21. The third kappa shape index (κ3) is 4.59. The Labute approximate surface area is 104 Å². The van der Waals surface area contributed by atoms with Crippen molar-refractivity contribution in [2.24, 2.45) is 11.3 Å². The van der Waals surface area contributed by atoms with Crippen molar-refractivity contribution < 1.29 is 0 Å². The molecule has 1 atom stereocenters. The number of nitrogens with one attached hydrogen (secondary N) is 2. The van der Waals surface area contributed by atoms with Crippen LogP contribution >= 0.6 is 0 Å². The van der Waals surface area contributed by atoms with Gasteiger partial charge in [-0.05, 0) is 18.3 Å². The van der Waals surface area contributed by atoms with Gasteiger partial charge < -0.3 is 10.6 Å². The Morgan fingerprint density at radius 2 is 1.76 bits per heavy atom. The molecule has 1 aromatic rings. The summed E-state index contributed by atoms with van der Waals surface area (Å²) in [6.45, 7) is 12.9. The lowest BCUT2D eigenvalue weighted by Crippen LogP contribution is -2.25. The Hall–Kier alpha value is -1.32. The van der Waals surface area contributed by atoms with E-state index in [2.05, 4.69) is 55.2 Å². The summed E-state index contributed by atoms with van der Waals surface area (Å²) in [5, 5.41) is 6.53. The van der Waals surface area contributed by atoms with E-state index in [-0.39, 0.29) is 0 Å². The molecule has 1 heterocycles. The molecule has 4 nitrogen and oxygen atoms in total. The van der Waals surface area contributed by atoms with Gasteiger partial charge in [0, 0.05) is 19.2 Å². The van der Waals surface area contributed by atoms with Crippen LogP contribution in [0.25, 0.3) is 0 Å². The van der Waals surface area contributed by atoms with Crippen LogP contribution in [-0.4, -0.2) is 23.1 Å². The molecule has 1 unspecified atom stereocenters. The fourth-order valence-corrected chi connectivity index (χ4v) is 1.30. The first-order valence-electron chi connectivity index (χ1n) is 6.23. The number of anilines is 2. The molecule has 0 aliphatic rings. The van der Waals surface area contributed by atoms with Crippen LogP contribution in [0, 0.1) is 11.3 Å². The van der Waals surface area contributed by atoms with E-state index in [1.54, 1.807) is 6.33 Å². The summed E-state index contributed by atoms with van der Waals surface area (Å²) >= 11 is 0. The van der Waals surface area contributed by atoms with Gasteiger partial charge in [-0.3, -0.25) is 0 Å².